The Morgan fingerprint density at radius 1 is 1.22 bits per heavy atom. The number of ether oxygens (including phenoxy) is 1. The third-order valence-corrected chi connectivity index (χ3v) is 4.57. The Hall–Kier alpha value is -1.88. The standard InChI is InChI=1S/C18H17BrFNO2/c19-15-8-14(9-16(20)10-15)18(6-7-18)12-21-17(22)23-11-13-4-2-1-3-5-13/h1-5,8-10H,6-7,11-12H2,(H,21,22). The van der Waals surface area contributed by atoms with Gasteiger partial charge in [0.15, 0.2) is 0 Å². The predicted octanol–water partition coefficient (Wildman–Crippen LogP) is 4.55. The molecule has 0 heterocycles. The van der Waals surface area contributed by atoms with Crippen LogP contribution in [0, 0.1) is 5.82 Å². The molecule has 2 aromatic rings. The van der Waals surface area contributed by atoms with Crippen LogP contribution >= 0.6 is 15.9 Å². The van der Waals surface area contributed by atoms with Gasteiger partial charge >= 0.3 is 6.09 Å². The van der Waals surface area contributed by atoms with Gasteiger partial charge in [-0.1, -0.05) is 46.3 Å². The maximum Gasteiger partial charge on any atom is 0.407 e. The summed E-state index contributed by atoms with van der Waals surface area (Å²) in [5, 5.41) is 2.79. The number of rotatable bonds is 5. The Kier molecular flexibility index (Phi) is 4.66. The summed E-state index contributed by atoms with van der Waals surface area (Å²) in [5.74, 6) is -0.271. The molecule has 0 radical (unpaired) electrons. The number of carbonyl (C=O) groups excluding carboxylic acids is 1. The first kappa shape index (κ1) is 16.0. The van der Waals surface area contributed by atoms with Gasteiger partial charge in [-0.05, 0) is 42.2 Å². The number of halogens is 2. The fourth-order valence-corrected chi connectivity index (χ4v) is 3.06. The fraction of sp³-hybridized carbons (Fsp3) is 0.278. The van der Waals surface area contributed by atoms with Crippen molar-refractivity contribution in [1.82, 2.24) is 5.32 Å². The summed E-state index contributed by atoms with van der Waals surface area (Å²) in [5.41, 5.74) is 1.68. The van der Waals surface area contributed by atoms with Crippen LogP contribution in [0.3, 0.4) is 0 Å². The second-order valence-electron chi connectivity index (χ2n) is 5.85. The SMILES string of the molecule is O=C(NCC1(c2cc(F)cc(Br)c2)CC1)OCc1ccccc1. The summed E-state index contributed by atoms with van der Waals surface area (Å²) >= 11 is 3.31. The van der Waals surface area contributed by atoms with Crippen molar-refractivity contribution >= 4 is 22.0 Å². The van der Waals surface area contributed by atoms with Gasteiger partial charge in [-0.15, -0.1) is 0 Å². The maximum atomic E-state index is 13.6. The van der Waals surface area contributed by atoms with Crippen LogP contribution in [0.2, 0.25) is 0 Å². The first-order valence-electron chi connectivity index (χ1n) is 7.49. The van der Waals surface area contributed by atoms with Crippen LogP contribution in [-0.4, -0.2) is 12.6 Å². The maximum absolute atomic E-state index is 13.6. The van der Waals surface area contributed by atoms with E-state index in [4.69, 9.17) is 4.74 Å². The van der Waals surface area contributed by atoms with E-state index in [2.05, 4.69) is 21.2 Å². The number of hydrogen-bond donors (Lipinski definition) is 1. The summed E-state index contributed by atoms with van der Waals surface area (Å²) in [6.07, 6.45) is 1.42. The Labute approximate surface area is 143 Å². The second-order valence-corrected chi connectivity index (χ2v) is 6.77. The van der Waals surface area contributed by atoms with Crippen molar-refractivity contribution in [3.05, 3.63) is 69.9 Å². The molecule has 0 bridgehead atoms. The highest BCUT2D eigenvalue weighted by Crippen LogP contribution is 2.48. The topological polar surface area (TPSA) is 38.3 Å². The predicted molar refractivity (Wildman–Crippen MR) is 89.6 cm³/mol. The number of benzene rings is 2. The molecule has 1 fully saturated rings. The third kappa shape index (κ3) is 4.10. The molecule has 0 unspecified atom stereocenters. The Bertz CT molecular complexity index is 681. The van der Waals surface area contributed by atoms with Gasteiger partial charge in [-0.3, -0.25) is 0 Å². The van der Waals surface area contributed by atoms with Crippen molar-refractivity contribution in [2.24, 2.45) is 0 Å². The van der Waals surface area contributed by atoms with Crippen LogP contribution in [-0.2, 0) is 16.8 Å². The minimum atomic E-state index is -0.449. The Morgan fingerprint density at radius 2 is 1.96 bits per heavy atom. The van der Waals surface area contributed by atoms with Crippen LogP contribution in [0.15, 0.2) is 53.0 Å². The van der Waals surface area contributed by atoms with Crippen molar-refractivity contribution in [1.29, 1.82) is 0 Å². The van der Waals surface area contributed by atoms with Crippen LogP contribution in [0.1, 0.15) is 24.0 Å². The van der Waals surface area contributed by atoms with Gasteiger partial charge in [0.05, 0.1) is 0 Å². The Morgan fingerprint density at radius 3 is 2.61 bits per heavy atom. The molecule has 1 saturated carbocycles. The molecule has 0 aliphatic heterocycles. The van der Waals surface area contributed by atoms with Crippen molar-refractivity contribution in [3.8, 4) is 0 Å². The number of nitrogens with one attached hydrogen (secondary N) is 1. The minimum Gasteiger partial charge on any atom is -0.445 e. The van der Waals surface area contributed by atoms with Crippen molar-refractivity contribution in [2.75, 3.05) is 6.54 Å². The van der Waals surface area contributed by atoms with Crippen molar-refractivity contribution in [3.63, 3.8) is 0 Å². The van der Waals surface area contributed by atoms with Gasteiger partial charge < -0.3 is 10.1 Å². The van der Waals surface area contributed by atoms with E-state index in [0.29, 0.717) is 11.0 Å². The summed E-state index contributed by atoms with van der Waals surface area (Å²) in [6, 6.07) is 14.4. The minimum absolute atomic E-state index is 0.170. The Balaban J connectivity index is 1.54. The van der Waals surface area contributed by atoms with Gasteiger partial charge in [0.2, 0.25) is 0 Å². The van der Waals surface area contributed by atoms with E-state index in [0.717, 1.165) is 24.0 Å². The molecule has 2 aromatic carbocycles. The highest BCUT2D eigenvalue weighted by Gasteiger charge is 2.44. The first-order valence-corrected chi connectivity index (χ1v) is 8.28. The lowest BCUT2D eigenvalue weighted by Gasteiger charge is -2.17. The van der Waals surface area contributed by atoms with Gasteiger partial charge in [0.25, 0.3) is 0 Å². The van der Waals surface area contributed by atoms with Crippen LogP contribution in [0.4, 0.5) is 9.18 Å². The summed E-state index contributed by atoms with van der Waals surface area (Å²) in [4.78, 5) is 11.8. The second kappa shape index (κ2) is 6.71. The first-order chi connectivity index (χ1) is 11.1. The molecule has 0 atom stereocenters. The zero-order chi connectivity index (χ0) is 16.3. The van der Waals surface area contributed by atoms with Gasteiger partial charge in [0, 0.05) is 16.4 Å². The van der Waals surface area contributed by atoms with E-state index in [-0.39, 0.29) is 17.8 Å². The molecule has 1 N–H and O–H groups in total. The normalized spacial score (nSPS) is 15.0. The van der Waals surface area contributed by atoms with Crippen LogP contribution < -0.4 is 5.32 Å². The largest absolute Gasteiger partial charge is 0.445 e. The zero-order valence-corrected chi connectivity index (χ0v) is 14.1. The van der Waals surface area contributed by atoms with Crippen molar-refractivity contribution in [2.45, 2.75) is 24.9 Å². The third-order valence-electron chi connectivity index (χ3n) is 4.11. The fourth-order valence-electron chi connectivity index (χ4n) is 2.59. The molecule has 23 heavy (non-hydrogen) atoms. The lowest BCUT2D eigenvalue weighted by atomic mass is 9.96. The van der Waals surface area contributed by atoms with Crippen LogP contribution in [0.25, 0.3) is 0 Å². The molecular formula is C18H17BrFNO2. The van der Waals surface area contributed by atoms with Gasteiger partial charge in [-0.25, -0.2) is 9.18 Å². The van der Waals surface area contributed by atoms with Crippen LogP contribution in [0.5, 0.6) is 0 Å². The molecule has 0 spiro atoms. The molecule has 5 heteroatoms. The molecular weight excluding hydrogens is 361 g/mol. The highest BCUT2D eigenvalue weighted by molar-refractivity contribution is 9.10. The van der Waals surface area contributed by atoms with Crippen molar-refractivity contribution < 1.29 is 13.9 Å². The quantitative estimate of drug-likeness (QED) is 0.829. The van der Waals surface area contributed by atoms with Gasteiger partial charge in [0.1, 0.15) is 12.4 Å². The van der Waals surface area contributed by atoms with E-state index in [1.54, 1.807) is 0 Å². The van der Waals surface area contributed by atoms with E-state index < -0.39 is 6.09 Å². The van der Waals surface area contributed by atoms with E-state index in [1.807, 2.05) is 36.4 Å². The molecule has 120 valence electrons. The van der Waals surface area contributed by atoms with E-state index in [1.165, 1.54) is 12.1 Å². The van der Waals surface area contributed by atoms with E-state index in [9.17, 15) is 9.18 Å². The number of amides is 1. The molecule has 3 rings (SSSR count). The molecule has 1 aliphatic rings. The smallest absolute Gasteiger partial charge is 0.407 e. The molecule has 0 aromatic heterocycles. The highest BCUT2D eigenvalue weighted by atomic mass is 79.9. The number of carbonyl (C=O) groups is 1. The lowest BCUT2D eigenvalue weighted by Crippen LogP contribution is -2.32. The molecule has 1 amide bonds. The average molecular weight is 378 g/mol. The van der Waals surface area contributed by atoms with E-state index >= 15 is 0 Å². The van der Waals surface area contributed by atoms with Gasteiger partial charge in [-0.2, -0.15) is 0 Å². The molecule has 3 nitrogen and oxygen atoms in total. The molecule has 1 aliphatic carbocycles. The lowest BCUT2D eigenvalue weighted by molar-refractivity contribution is 0.138. The zero-order valence-electron chi connectivity index (χ0n) is 12.5. The monoisotopic (exact) mass is 377 g/mol. The summed E-state index contributed by atoms with van der Waals surface area (Å²) in [6.45, 7) is 0.696. The number of alkyl carbamates (subject to hydrolysis) is 1. The average Bonchev–Trinajstić information content (AvgIpc) is 3.32. The molecule has 0 saturated heterocycles. The summed E-state index contributed by atoms with van der Waals surface area (Å²) < 4.78 is 19.5. The number of hydrogen-bond acceptors (Lipinski definition) is 2. The summed E-state index contributed by atoms with van der Waals surface area (Å²) in [7, 11) is 0.